The molecule has 3 aliphatic rings. The molecule has 7 nitrogen and oxygen atoms in total. The number of hydrogen-bond acceptors (Lipinski definition) is 5. The van der Waals surface area contributed by atoms with E-state index in [0.717, 1.165) is 21.2 Å². The summed E-state index contributed by atoms with van der Waals surface area (Å²) in [7, 11) is 0. The molecule has 1 fully saturated rings. The number of anilines is 1. The molecule has 5 rings (SSSR count). The number of carbonyl (C=O) groups is 3. The molecular formula is C25H25BrN2O5. The summed E-state index contributed by atoms with van der Waals surface area (Å²) in [6.45, 7) is 7.57. The molecule has 2 aromatic carbocycles. The van der Waals surface area contributed by atoms with E-state index in [9.17, 15) is 14.4 Å². The molecule has 2 amide bonds. The summed E-state index contributed by atoms with van der Waals surface area (Å²) in [4.78, 5) is 42.9. The number of rotatable bonds is 2. The quantitative estimate of drug-likeness (QED) is 0.610. The standard InChI is InChI=1S/C25H25BrN2O5/c1-5-32-23(30)20-16-11-33-18-7-6-14(26)10-15(18)21(16)28-22(29)19-13(3)8-12(2)9-17(19)27-24(31)25(20,28)4/h6-10,16,20-21H,5,11H2,1-4H3,(H,27,31)/t16-,20-,21+,25-/m1/s1. The molecule has 0 saturated carbocycles. The number of benzene rings is 2. The molecule has 0 aromatic heterocycles. The van der Waals surface area contributed by atoms with Crippen molar-refractivity contribution in [3.8, 4) is 5.75 Å². The number of hydrogen-bond donors (Lipinski definition) is 1. The third-order valence-electron chi connectivity index (χ3n) is 7.10. The third kappa shape index (κ3) is 3.03. The fourth-order valence-electron chi connectivity index (χ4n) is 5.80. The zero-order valence-corrected chi connectivity index (χ0v) is 20.5. The molecule has 0 spiro atoms. The monoisotopic (exact) mass is 512 g/mol. The maximum atomic E-state index is 14.2. The minimum absolute atomic E-state index is 0.180. The number of fused-ring (bicyclic) bond motifs is 6. The fraction of sp³-hybridized carbons (Fsp3) is 0.400. The lowest BCUT2D eigenvalue weighted by molar-refractivity contribution is -0.155. The fourth-order valence-corrected chi connectivity index (χ4v) is 6.18. The van der Waals surface area contributed by atoms with Gasteiger partial charge in [-0.1, -0.05) is 22.0 Å². The van der Waals surface area contributed by atoms with Gasteiger partial charge in [0.25, 0.3) is 11.8 Å². The van der Waals surface area contributed by atoms with E-state index in [4.69, 9.17) is 9.47 Å². The number of carbonyl (C=O) groups excluding carboxylic acids is 3. The van der Waals surface area contributed by atoms with Crippen LogP contribution >= 0.6 is 15.9 Å². The van der Waals surface area contributed by atoms with Gasteiger partial charge in [0.1, 0.15) is 11.3 Å². The van der Waals surface area contributed by atoms with Crippen LogP contribution in [0, 0.1) is 25.7 Å². The highest BCUT2D eigenvalue weighted by molar-refractivity contribution is 9.10. The molecule has 3 heterocycles. The lowest BCUT2D eigenvalue weighted by atomic mass is 9.77. The average molecular weight is 513 g/mol. The van der Waals surface area contributed by atoms with Crippen molar-refractivity contribution >= 4 is 39.4 Å². The summed E-state index contributed by atoms with van der Waals surface area (Å²) in [5.74, 6) is -1.85. The van der Waals surface area contributed by atoms with E-state index in [0.29, 0.717) is 17.0 Å². The number of esters is 1. The van der Waals surface area contributed by atoms with E-state index in [-0.39, 0.29) is 19.1 Å². The molecule has 33 heavy (non-hydrogen) atoms. The van der Waals surface area contributed by atoms with Gasteiger partial charge in [-0.2, -0.15) is 0 Å². The summed E-state index contributed by atoms with van der Waals surface area (Å²) in [5, 5.41) is 2.96. The average Bonchev–Trinajstić information content (AvgIpc) is 2.98. The molecule has 2 aromatic rings. The van der Waals surface area contributed by atoms with Gasteiger partial charge in [0.15, 0.2) is 0 Å². The van der Waals surface area contributed by atoms with E-state index in [2.05, 4.69) is 21.2 Å². The Morgan fingerprint density at radius 2 is 2.03 bits per heavy atom. The second-order valence-corrected chi connectivity index (χ2v) is 10.0. The number of aryl methyl sites for hydroxylation is 2. The van der Waals surface area contributed by atoms with Gasteiger partial charge in [-0.15, -0.1) is 0 Å². The lowest BCUT2D eigenvalue weighted by Gasteiger charge is -2.38. The minimum atomic E-state index is -1.45. The van der Waals surface area contributed by atoms with Crippen LogP contribution in [0.15, 0.2) is 34.8 Å². The van der Waals surface area contributed by atoms with Crippen LogP contribution in [0.4, 0.5) is 5.69 Å². The predicted molar refractivity (Wildman–Crippen MR) is 125 cm³/mol. The molecule has 0 unspecified atom stereocenters. The molecule has 0 radical (unpaired) electrons. The second-order valence-electron chi connectivity index (χ2n) is 9.11. The van der Waals surface area contributed by atoms with Gasteiger partial charge < -0.3 is 19.7 Å². The normalized spacial score (nSPS) is 27.4. The molecule has 0 aliphatic carbocycles. The summed E-state index contributed by atoms with van der Waals surface area (Å²) < 4.78 is 12.3. The Bertz CT molecular complexity index is 1210. The highest BCUT2D eigenvalue weighted by atomic mass is 79.9. The summed E-state index contributed by atoms with van der Waals surface area (Å²) >= 11 is 3.52. The number of ether oxygens (including phenoxy) is 2. The van der Waals surface area contributed by atoms with E-state index in [1.807, 2.05) is 38.1 Å². The van der Waals surface area contributed by atoms with Crippen molar-refractivity contribution in [3.05, 3.63) is 57.1 Å². The van der Waals surface area contributed by atoms with Crippen molar-refractivity contribution in [2.45, 2.75) is 39.3 Å². The highest BCUT2D eigenvalue weighted by Gasteiger charge is 2.67. The third-order valence-corrected chi connectivity index (χ3v) is 7.59. The zero-order chi connectivity index (χ0) is 23.7. The zero-order valence-electron chi connectivity index (χ0n) is 18.9. The van der Waals surface area contributed by atoms with Crippen LogP contribution in [0.3, 0.4) is 0 Å². The summed E-state index contributed by atoms with van der Waals surface area (Å²) in [6, 6.07) is 8.82. The van der Waals surface area contributed by atoms with E-state index < -0.39 is 35.3 Å². The molecule has 1 N–H and O–H groups in total. The molecule has 8 heteroatoms. The summed E-state index contributed by atoms with van der Waals surface area (Å²) in [6.07, 6.45) is 0. The van der Waals surface area contributed by atoms with Crippen LogP contribution in [0.2, 0.25) is 0 Å². The highest BCUT2D eigenvalue weighted by Crippen LogP contribution is 2.57. The van der Waals surface area contributed by atoms with Gasteiger partial charge in [0.2, 0.25) is 0 Å². The van der Waals surface area contributed by atoms with E-state index >= 15 is 0 Å². The van der Waals surface area contributed by atoms with Gasteiger partial charge >= 0.3 is 5.97 Å². The van der Waals surface area contributed by atoms with Crippen LogP contribution in [0.1, 0.15) is 46.9 Å². The van der Waals surface area contributed by atoms with E-state index in [1.54, 1.807) is 24.8 Å². The SMILES string of the molecule is CCOC(=O)[C@H]1[C@H]2COc3ccc(Br)cc3[C@@H]2N2C(=O)c3c(C)cc(C)cc3NC(=O)[C@@]12C. The smallest absolute Gasteiger partial charge is 0.312 e. The Balaban J connectivity index is 1.78. The van der Waals surface area contributed by atoms with Crippen LogP contribution in [-0.2, 0) is 14.3 Å². The van der Waals surface area contributed by atoms with Crippen LogP contribution in [-0.4, -0.2) is 41.4 Å². The number of nitrogens with one attached hydrogen (secondary N) is 1. The molecule has 4 atom stereocenters. The van der Waals surface area contributed by atoms with Crippen molar-refractivity contribution in [2.75, 3.05) is 18.5 Å². The molecule has 3 aliphatic heterocycles. The van der Waals surface area contributed by atoms with Gasteiger partial charge in [0.05, 0.1) is 36.4 Å². The van der Waals surface area contributed by atoms with Crippen LogP contribution in [0.25, 0.3) is 0 Å². The Morgan fingerprint density at radius 1 is 1.27 bits per heavy atom. The first-order valence-electron chi connectivity index (χ1n) is 11.0. The lowest BCUT2D eigenvalue weighted by Crippen LogP contribution is -2.57. The van der Waals surface area contributed by atoms with E-state index in [1.165, 1.54) is 0 Å². The van der Waals surface area contributed by atoms with Gasteiger partial charge in [-0.05, 0) is 63.1 Å². The van der Waals surface area contributed by atoms with Gasteiger partial charge in [-0.3, -0.25) is 14.4 Å². The first kappa shape index (κ1) is 21.9. The maximum absolute atomic E-state index is 14.2. The van der Waals surface area contributed by atoms with Crippen LogP contribution < -0.4 is 10.1 Å². The second kappa shape index (κ2) is 7.58. The van der Waals surface area contributed by atoms with Crippen molar-refractivity contribution in [1.29, 1.82) is 0 Å². The van der Waals surface area contributed by atoms with Crippen molar-refractivity contribution < 1.29 is 23.9 Å². The first-order chi connectivity index (χ1) is 15.7. The molecule has 172 valence electrons. The van der Waals surface area contributed by atoms with Crippen molar-refractivity contribution in [3.63, 3.8) is 0 Å². The molecular weight excluding hydrogens is 488 g/mol. The Labute approximate surface area is 200 Å². The van der Waals surface area contributed by atoms with Crippen molar-refractivity contribution in [2.24, 2.45) is 11.8 Å². The molecule has 0 bridgehead atoms. The number of halogens is 1. The topological polar surface area (TPSA) is 84.9 Å². The summed E-state index contributed by atoms with van der Waals surface area (Å²) in [5.41, 5.74) is 1.95. The Kier molecular flexibility index (Phi) is 5.04. The first-order valence-corrected chi connectivity index (χ1v) is 11.8. The Hall–Kier alpha value is -2.87. The van der Waals surface area contributed by atoms with Crippen LogP contribution in [0.5, 0.6) is 5.75 Å². The number of amides is 2. The molecule has 1 saturated heterocycles. The van der Waals surface area contributed by atoms with Crippen molar-refractivity contribution in [1.82, 2.24) is 4.90 Å². The predicted octanol–water partition coefficient (Wildman–Crippen LogP) is 4.16. The number of nitrogens with zero attached hydrogens (tertiary/aromatic N) is 1. The van der Waals surface area contributed by atoms with Gasteiger partial charge in [-0.25, -0.2) is 0 Å². The largest absolute Gasteiger partial charge is 0.493 e. The minimum Gasteiger partial charge on any atom is -0.493 e. The maximum Gasteiger partial charge on any atom is 0.312 e. The van der Waals surface area contributed by atoms with Gasteiger partial charge in [0, 0.05) is 16.0 Å². The Morgan fingerprint density at radius 3 is 2.76 bits per heavy atom.